The molecular formula is C14H16BN3O. The summed E-state index contributed by atoms with van der Waals surface area (Å²) in [6.07, 6.45) is 0. The van der Waals surface area contributed by atoms with Gasteiger partial charge in [-0.1, -0.05) is 12.0 Å². The number of nitrogens with zero attached hydrogens (tertiary/aromatic N) is 1. The van der Waals surface area contributed by atoms with Crippen molar-refractivity contribution in [2.45, 2.75) is 13.8 Å². The Hall–Kier alpha value is -2.01. The second-order valence-electron chi connectivity index (χ2n) is 4.51. The lowest BCUT2D eigenvalue weighted by molar-refractivity contribution is 0.415. The van der Waals surface area contributed by atoms with Crippen molar-refractivity contribution < 1.29 is 4.74 Å². The predicted octanol–water partition coefficient (Wildman–Crippen LogP) is 1.66. The average Bonchev–Trinajstić information content (AvgIpc) is 2.38. The Morgan fingerprint density at radius 1 is 1.47 bits per heavy atom. The molecule has 0 aliphatic rings. The van der Waals surface area contributed by atoms with Crippen LogP contribution in [0.3, 0.4) is 0 Å². The number of fused-ring (bicyclic) bond motifs is 1. The van der Waals surface area contributed by atoms with Crippen LogP contribution in [0.15, 0.2) is 18.7 Å². The van der Waals surface area contributed by atoms with E-state index < -0.39 is 0 Å². The van der Waals surface area contributed by atoms with Gasteiger partial charge in [0.1, 0.15) is 19.4 Å². The molecule has 0 aliphatic carbocycles. The van der Waals surface area contributed by atoms with E-state index in [1.54, 1.807) is 7.11 Å². The topological polar surface area (TPSA) is 60.2 Å². The summed E-state index contributed by atoms with van der Waals surface area (Å²) in [6, 6.07) is 3.78. The number of hydrogen-bond acceptors (Lipinski definition) is 4. The predicted molar refractivity (Wildman–Crippen MR) is 80.9 cm³/mol. The van der Waals surface area contributed by atoms with Crippen molar-refractivity contribution in [1.29, 1.82) is 0 Å². The van der Waals surface area contributed by atoms with Gasteiger partial charge in [-0.2, -0.15) is 0 Å². The van der Waals surface area contributed by atoms with Crippen LogP contribution in [-0.2, 0) is 0 Å². The van der Waals surface area contributed by atoms with Crippen molar-refractivity contribution in [3.05, 3.63) is 29.8 Å². The molecule has 0 fully saturated rings. The molecule has 2 aromatic rings. The number of pyridine rings is 1. The highest BCUT2D eigenvalue weighted by molar-refractivity contribution is 6.41. The monoisotopic (exact) mass is 253 g/mol. The van der Waals surface area contributed by atoms with Gasteiger partial charge in [-0.15, -0.1) is 0 Å². The summed E-state index contributed by atoms with van der Waals surface area (Å²) in [6.45, 7) is 7.74. The maximum atomic E-state index is 6.24. The highest BCUT2D eigenvalue weighted by Crippen LogP contribution is 2.27. The summed E-state index contributed by atoms with van der Waals surface area (Å²) in [5.74, 6) is 6.80. The molecule has 4 nitrogen and oxygen atoms in total. The van der Waals surface area contributed by atoms with Crippen molar-refractivity contribution >= 4 is 35.6 Å². The molecule has 1 aromatic carbocycles. The van der Waals surface area contributed by atoms with E-state index in [0.29, 0.717) is 11.3 Å². The van der Waals surface area contributed by atoms with Gasteiger partial charge in [0.25, 0.3) is 0 Å². The van der Waals surface area contributed by atoms with E-state index >= 15 is 0 Å². The number of aromatic nitrogens is 1. The number of allylic oxidation sites excluding steroid dienone is 1. The zero-order chi connectivity index (χ0) is 14.2. The largest absolute Gasteiger partial charge is 0.497 e. The zero-order valence-electron chi connectivity index (χ0n) is 11.4. The molecule has 0 saturated carbocycles. The number of methoxy groups -OCH3 is 1. The molecule has 5 heteroatoms. The van der Waals surface area contributed by atoms with Gasteiger partial charge in [0.15, 0.2) is 0 Å². The lowest BCUT2D eigenvalue weighted by Gasteiger charge is -2.16. The van der Waals surface area contributed by atoms with Crippen LogP contribution >= 0.6 is 0 Å². The molecule has 0 bridgehead atoms. The van der Waals surface area contributed by atoms with Crippen molar-refractivity contribution in [3.63, 3.8) is 0 Å². The molecule has 19 heavy (non-hydrogen) atoms. The fraction of sp³-hybridized carbons (Fsp3) is 0.214. The Bertz CT molecular complexity index is 668. The van der Waals surface area contributed by atoms with Gasteiger partial charge in [0, 0.05) is 5.56 Å². The quantitative estimate of drug-likeness (QED) is 0.496. The summed E-state index contributed by atoms with van der Waals surface area (Å²) in [5.41, 5.74) is 6.51. The molecule has 2 rings (SSSR count). The number of rotatable bonds is 3. The Morgan fingerprint density at radius 3 is 2.68 bits per heavy atom. The van der Waals surface area contributed by atoms with E-state index in [0.717, 1.165) is 33.4 Å². The van der Waals surface area contributed by atoms with E-state index in [1.807, 2.05) is 26.0 Å². The second-order valence-corrected chi connectivity index (χ2v) is 4.51. The molecule has 96 valence electrons. The van der Waals surface area contributed by atoms with Gasteiger partial charge in [0.2, 0.25) is 0 Å². The normalized spacial score (nSPS) is 10.5. The fourth-order valence-corrected chi connectivity index (χ4v) is 2.18. The van der Waals surface area contributed by atoms with E-state index in [9.17, 15) is 0 Å². The molecule has 1 heterocycles. The second kappa shape index (κ2) is 4.94. The minimum Gasteiger partial charge on any atom is -0.497 e. The first kappa shape index (κ1) is 13.4. The first-order valence-corrected chi connectivity index (χ1v) is 5.90. The van der Waals surface area contributed by atoms with Crippen molar-refractivity contribution in [1.82, 2.24) is 4.98 Å². The van der Waals surface area contributed by atoms with E-state index in [-0.39, 0.29) is 0 Å². The maximum absolute atomic E-state index is 6.24. The lowest BCUT2D eigenvalue weighted by Crippen LogP contribution is -2.19. The fourth-order valence-electron chi connectivity index (χ4n) is 2.18. The van der Waals surface area contributed by atoms with E-state index in [4.69, 9.17) is 18.4 Å². The summed E-state index contributed by atoms with van der Waals surface area (Å²) in [5, 5.41) is 0.842. The van der Waals surface area contributed by atoms with Gasteiger partial charge < -0.3 is 10.2 Å². The van der Waals surface area contributed by atoms with Gasteiger partial charge in [-0.25, -0.2) is 10.8 Å². The van der Waals surface area contributed by atoms with Crippen LogP contribution in [0, 0.1) is 6.92 Å². The lowest BCUT2D eigenvalue weighted by atomic mass is 9.84. The molecule has 3 N–H and O–H groups in total. The third-order valence-corrected chi connectivity index (χ3v) is 3.09. The smallest absolute Gasteiger partial charge is 0.147 e. The number of anilines is 1. The third-order valence-electron chi connectivity index (χ3n) is 3.09. The molecule has 0 saturated heterocycles. The Balaban J connectivity index is 2.91. The van der Waals surface area contributed by atoms with Crippen LogP contribution < -0.4 is 21.5 Å². The van der Waals surface area contributed by atoms with Crippen molar-refractivity contribution in [3.8, 4) is 5.75 Å². The van der Waals surface area contributed by atoms with Crippen molar-refractivity contribution in [2.75, 3.05) is 12.5 Å². The number of nitrogens with one attached hydrogen (secondary N) is 1. The molecule has 1 aromatic heterocycles. The summed E-state index contributed by atoms with van der Waals surface area (Å²) in [4.78, 5) is 4.52. The van der Waals surface area contributed by atoms with Gasteiger partial charge >= 0.3 is 0 Å². The highest BCUT2D eigenvalue weighted by Gasteiger charge is 2.14. The number of aryl methyl sites for hydroxylation is 1. The zero-order valence-corrected chi connectivity index (χ0v) is 11.4. The molecule has 0 unspecified atom stereocenters. The summed E-state index contributed by atoms with van der Waals surface area (Å²) in [7, 11) is 7.86. The first-order valence-electron chi connectivity index (χ1n) is 5.90. The number of hydrazine groups is 1. The Morgan fingerprint density at radius 2 is 2.16 bits per heavy atom. The standard InChI is InChI=1S/C14H16BN3O/c1-7(2)11-12(15)10-6-9(19-4)5-8(3)13(10)17-14(11)18-16/h5-6H,1,16H2,2-4H3,(H,17,18). The Labute approximate surface area is 114 Å². The van der Waals surface area contributed by atoms with Crippen molar-refractivity contribution in [2.24, 2.45) is 5.84 Å². The first-order chi connectivity index (χ1) is 8.99. The average molecular weight is 253 g/mol. The Kier molecular flexibility index (Phi) is 3.49. The van der Waals surface area contributed by atoms with Crippen LogP contribution in [0.2, 0.25) is 0 Å². The molecule has 0 spiro atoms. The summed E-state index contributed by atoms with van der Waals surface area (Å²) < 4.78 is 5.27. The van der Waals surface area contributed by atoms with Crippen LogP contribution in [-0.4, -0.2) is 19.9 Å². The minimum absolute atomic E-state index is 0.533. The number of hydrogen-bond donors (Lipinski definition) is 2. The third kappa shape index (κ3) is 2.17. The molecule has 0 amide bonds. The van der Waals surface area contributed by atoms with Crippen LogP contribution in [0.1, 0.15) is 18.1 Å². The van der Waals surface area contributed by atoms with Gasteiger partial charge in [-0.05, 0) is 42.5 Å². The summed E-state index contributed by atoms with van der Waals surface area (Å²) >= 11 is 0. The minimum atomic E-state index is 0.533. The van der Waals surface area contributed by atoms with Crippen LogP contribution in [0.25, 0.3) is 16.5 Å². The number of benzene rings is 1. The van der Waals surface area contributed by atoms with Gasteiger partial charge in [0.05, 0.1) is 12.6 Å². The number of ether oxygens (including phenoxy) is 1. The number of nitrogens with two attached hydrogens (primary N) is 1. The van der Waals surface area contributed by atoms with E-state index in [1.165, 1.54) is 0 Å². The molecule has 0 atom stereocenters. The molecular weight excluding hydrogens is 237 g/mol. The van der Waals surface area contributed by atoms with Crippen LogP contribution in [0.4, 0.5) is 5.82 Å². The molecule has 2 radical (unpaired) electrons. The van der Waals surface area contributed by atoms with Crippen LogP contribution in [0.5, 0.6) is 5.75 Å². The maximum Gasteiger partial charge on any atom is 0.147 e. The number of nitrogen functional groups attached to an aromatic ring is 1. The van der Waals surface area contributed by atoms with E-state index in [2.05, 4.69) is 17.0 Å². The SMILES string of the molecule is [B]c1c(C(=C)C)c(NN)nc2c(C)cc(OC)cc12. The van der Waals surface area contributed by atoms with Gasteiger partial charge in [-0.3, -0.25) is 0 Å². The highest BCUT2D eigenvalue weighted by atomic mass is 16.5. The molecule has 0 aliphatic heterocycles.